The third kappa shape index (κ3) is 2.52. The molecule has 1 unspecified atom stereocenters. The molecular formula is C7H9F3O2S. The third-order valence-corrected chi connectivity index (χ3v) is 3.55. The van der Waals surface area contributed by atoms with Gasteiger partial charge >= 0.3 is 12.1 Å². The standard InChI is InChI=1S/C7H9F3O2S/c8-7(9,10)4-6(5(11)12)2-1-3-13-6/h1-4H2,(H,11,12). The zero-order valence-corrected chi connectivity index (χ0v) is 7.54. The fourth-order valence-electron chi connectivity index (χ4n) is 1.40. The van der Waals surface area contributed by atoms with Crippen LogP contribution in [-0.4, -0.2) is 27.8 Å². The zero-order chi connectivity index (χ0) is 10.1. The van der Waals surface area contributed by atoms with Crippen LogP contribution in [0.1, 0.15) is 19.3 Å². The van der Waals surface area contributed by atoms with E-state index >= 15 is 0 Å². The minimum absolute atomic E-state index is 0.118. The number of hydrogen-bond acceptors (Lipinski definition) is 2. The number of aliphatic carboxylic acids is 1. The van der Waals surface area contributed by atoms with Crippen LogP contribution in [0, 0.1) is 0 Å². The van der Waals surface area contributed by atoms with Gasteiger partial charge in [0.15, 0.2) is 0 Å². The number of rotatable bonds is 2. The molecule has 2 nitrogen and oxygen atoms in total. The molecule has 76 valence electrons. The summed E-state index contributed by atoms with van der Waals surface area (Å²) in [6.07, 6.45) is -4.95. The van der Waals surface area contributed by atoms with Gasteiger partial charge in [-0.2, -0.15) is 13.2 Å². The van der Waals surface area contributed by atoms with E-state index in [4.69, 9.17) is 5.11 Å². The summed E-state index contributed by atoms with van der Waals surface area (Å²) in [4.78, 5) is 10.7. The molecule has 0 spiro atoms. The number of carbonyl (C=O) groups is 1. The first-order chi connectivity index (χ1) is 5.86. The van der Waals surface area contributed by atoms with Crippen molar-refractivity contribution in [3.05, 3.63) is 0 Å². The third-order valence-electron chi connectivity index (χ3n) is 1.98. The number of halogens is 3. The summed E-state index contributed by atoms with van der Waals surface area (Å²) in [7, 11) is 0. The minimum Gasteiger partial charge on any atom is -0.480 e. The lowest BCUT2D eigenvalue weighted by atomic mass is 9.99. The average Bonchev–Trinajstić information content (AvgIpc) is 2.33. The Balaban J connectivity index is 2.74. The van der Waals surface area contributed by atoms with Crippen molar-refractivity contribution in [2.24, 2.45) is 0 Å². The molecule has 1 heterocycles. The lowest BCUT2D eigenvalue weighted by Crippen LogP contribution is -2.37. The van der Waals surface area contributed by atoms with E-state index in [0.717, 1.165) is 11.8 Å². The van der Waals surface area contributed by atoms with Crippen LogP contribution < -0.4 is 0 Å². The summed E-state index contributed by atoms with van der Waals surface area (Å²) in [5.41, 5.74) is 0. The van der Waals surface area contributed by atoms with E-state index in [1.807, 2.05) is 0 Å². The maximum atomic E-state index is 12.0. The van der Waals surface area contributed by atoms with E-state index in [0.29, 0.717) is 12.2 Å². The van der Waals surface area contributed by atoms with Gasteiger partial charge in [0, 0.05) is 0 Å². The monoisotopic (exact) mass is 214 g/mol. The molecular weight excluding hydrogens is 205 g/mol. The largest absolute Gasteiger partial charge is 0.480 e. The lowest BCUT2D eigenvalue weighted by molar-refractivity contribution is -0.159. The van der Waals surface area contributed by atoms with Crippen molar-refractivity contribution >= 4 is 17.7 Å². The van der Waals surface area contributed by atoms with E-state index in [-0.39, 0.29) is 6.42 Å². The molecule has 0 amide bonds. The van der Waals surface area contributed by atoms with Crippen LogP contribution in [0.4, 0.5) is 13.2 Å². The summed E-state index contributed by atoms with van der Waals surface area (Å²) in [6.45, 7) is 0. The smallest absolute Gasteiger partial charge is 0.391 e. The second-order valence-electron chi connectivity index (χ2n) is 3.04. The van der Waals surface area contributed by atoms with Crippen molar-refractivity contribution in [3.63, 3.8) is 0 Å². The number of thioether (sulfide) groups is 1. The molecule has 0 aromatic rings. The van der Waals surface area contributed by atoms with Crippen LogP contribution in [0.2, 0.25) is 0 Å². The molecule has 0 aromatic heterocycles. The maximum Gasteiger partial charge on any atom is 0.391 e. The topological polar surface area (TPSA) is 37.3 Å². The van der Waals surface area contributed by atoms with Gasteiger partial charge in [-0.25, -0.2) is 0 Å². The molecule has 1 saturated heterocycles. The number of carboxylic acid groups (broad SMARTS) is 1. The van der Waals surface area contributed by atoms with E-state index < -0.39 is 23.3 Å². The molecule has 1 fully saturated rings. The molecule has 6 heteroatoms. The van der Waals surface area contributed by atoms with Crippen LogP contribution in [0.25, 0.3) is 0 Å². The first kappa shape index (κ1) is 10.7. The van der Waals surface area contributed by atoms with E-state index in [2.05, 4.69) is 0 Å². The molecule has 1 aliphatic heterocycles. The molecule has 13 heavy (non-hydrogen) atoms. The van der Waals surface area contributed by atoms with Gasteiger partial charge in [0.25, 0.3) is 0 Å². The zero-order valence-electron chi connectivity index (χ0n) is 6.73. The molecule has 0 aliphatic carbocycles. The Morgan fingerprint density at radius 3 is 2.46 bits per heavy atom. The Morgan fingerprint density at radius 2 is 2.15 bits per heavy atom. The highest BCUT2D eigenvalue weighted by Gasteiger charge is 2.50. The summed E-state index contributed by atoms with van der Waals surface area (Å²) >= 11 is 0.905. The predicted octanol–water partition coefficient (Wildman–Crippen LogP) is 2.29. The van der Waals surface area contributed by atoms with Crippen molar-refractivity contribution in [1.82, 2.24) is 0 Å². The van der Waals surface area contributed by atoms with Crippen LogP contribution in [-0.2, 0) is 4.79 Å². The van der Waals surface area contributed by atoms with Gasteiger partial charge < -0.3 is 5.11 Å². The van der Waals surface area contributed by atoms with Crippen molar-refractivity contribution in [3.8, 4) is 0 Å². The van der Waals surface area contributed by atoms with Crippen LogP contribution in [0.5, 0.6) is 0 Å². The molecule has 1 aliphatic rings. The highest BCUT2D eigenvalue weighted by Crippen LogP contribution is 2.45. The molecule has 1 N–H and O–H groups in total. The average molecular weight is 214 g/mol. The second kappa shape index (κ2) is 3.40. The van der Waals surface area contributed by atoms with Gasteiger partial charge in [0.1, 0.15) is 4.75 Å². The Hall–Kier alpha value is -0.390. The highest BCUT2D eigenvalue weighted by atomic mass is 32.2. The number of carboxylic acids is 1. The molecule has 1 atom stereocenters. The van der Waals surface area contributed by atoms with Crippen LogP contribution in [0.3, 0.4) is 0 Å². The van der Waals surface area contributed by atoms with Crippen LogP contribution >= 0.6 is 11.8 Å². The van der Waals surface area contributed by atoms with E-state index in [9.17, 15) is 18.0 Å². The summed E-state index contributed by atoms with van der Waals surface area (Å²) < 4.78 is 34.5. The molecule has 0 bridgehead atoms. The molecule has 1 rings (SSSR count). The van der Waals surface area contributed by atoms with Crippen molar-refractivity contribution in [2.45, 2.75) is 30.2 Å². The summed E-state index contributed by atoms with van der Waals surface area (Å²) in [6, 6.07) is 0. The normalized spacial score (nSPS) is 29.2. The summed E-state index contributed by atoms with van der Waals surface area (Å²) in [5.74, 6) is -0.838. The molecule has 0 radical (unpaired) electrons. The lowest BCUT2D eigenvalue weighted by Gasteiger charge is -2.23. The molecule has 0 saturated carbocycles. The van der Waals surface area contributed by atoms with Gasteiger partial charge in [-0.05, 0) is 18.6 Å². The number of hydrogen-bond donors (Lipinski definition) is 1. The first-order valence-corrected chi connectivity index (χ1v) is 4.78. The second-order valence-corrected chi connectivity index (χ2v) is 4.52. The van der Waals surface area contributed by atoms with Gasteiger partial charge in [0.2, 0.25) is 0 Å². The first-order valence-electron chi connectivity index (χ1n) is 3.80. The van der Waals surface area contributed by atoms with Crippen molar-refractivity contribution in [1.29, 1.82) is 0 Å². The van der Waals surface area contributed by atoms with E-state index in [1.54, 1.807) is 0 Å². The maximum absolute atomic E-state index is 12.0. The van der Waals surface area contributed by atoms with Crippen molar-refractivity contribution < 1.29 is 23.1 Å². The van der Waals surface area contributed by atoms with E-state index in [1.165, 1.54) is 0 Å². The Morgan fingerprint density at radius 1 is 1.54 bits per heavy atom. The SMILES string of the molecule is O=C(O)C1(CC(F)(F)F)CCCS1. The molecule has 0 aromatic carbocycles. The quantitative estimate of drug-likeness (QED) is 0.766. The summed E-state index contributed by atoms with van der Waals surface area (Å²) in [5, 5.41) is 8.71. The van der Waals surface area contributed by atoms with Gasteiger partial charge in [-0.15, -0.1) is 11.8 Å². The highest BCUT2D eigenvalue weighted by molar-refractivity contribution is 8.01. The fourth-order valence-corrected chi connectivity index (χ4v) is 2.76. The number of alkyl halides is 3. The van der Waals surface area contributed by atoms with Gasteiger partial charge in [-0.1, -0.05) is 0 Å². The minimum atomic E-state index is -4.39. The predicted molar refractivity (Wildman–Crippen MR) is 42.7 cm³/mol. The van der Waals surface area contributed by atoms with Crippen molar-refractivity contribution in [2.75, 3.05) is 5.75 Å². The van der Waals surface area contributed by atoms with Gasteiger partial charge in [0.05, 0.1) is 6.42 Å². The Labute approximate surface area is 77.5 Å². The van der Waals surface area contributed by atoms with Crippen LogP contribution in [0.15, 0.2) is 0 Å². The fraction of sp³-hybridized carbons (Fsp3) is 0.857. The van der Waals surface area contributed by atoms with Gasteiger partial charge in [-0.3, -0.25) is 4.79 Å². The Kier molecular flexibility index (Phi) is 2.79. The Bertz CT molecular complexity index is 208.